The van der Waals surface area contributed by atoms with Crippen molar-refractivity contribution in [1.29, 1.82) is 0 Å². The fraction of sp³-hybridized carbons (Fsp3) is 0.250. The smallest absolute Gasteiger partial charge is 0.306 e. The normalized spacial score (nSPS) is 12.9. The van der Waals surface area contributed by atoms with E-state index in [2.05, 4.69) is 20.9 Å². The quantitative estimate of drug-likeness (QED) is 0.908. The SMILES string of the molecule is CC(Cc1cc2c(Br)cccc2[nH]1)C(=O)O. The fourth-order valence-electron chi connectivity index (χ4n) is 1.70. The molecular weight excluding hydrogens is 270 g/mol. The maximum atomic E-state index is 10.8. The molecule has 2 N–H and O–H groups in total. The van der Waals surface area contributed by atoms with Crippen molar-refractivity contribution in [3.63, 3.8) is 0 Å². The molecule has 3 nitrogen and oxygen atoms in total. The molecule has 0 aliphatic carbocycles. The zero-order chi connectivity index (χ0) is 11.7. The summed E-state index contributed by atoms with van der Waals surface area (Å²) in [6, 6.07) is 7.90. The molecule has 0 fully saturated rings. The number of nitrogens with one attached hydrogen (secondary N) is 1. The lowest BCUT2D eigenvalue weighted by atomic mass is 10.1. The van der Waals surface area contributed by atoms with Crippen molar-refractivity contribution in [2.75, 3.05) is 0 Å². The Kier molecular flexibility index (Phi) is 3.01. The zero-order valence-corrected chi connectivity index (χ0v) is 10.4. The summed E-state index contributed by atoms with van der Waals surface area (Å²) in [6.07, 6.45) is 0.524. The molecule has 0 bridgehead atoms. The van der Waals surface area contributed by atoms with Gasteiger partial charge in [0.2, 0.25) is 0 Å². The highest BCUT2D eigenvalue weighted by Crippen LogP contribution is 2.25. The fourth-order valence-corrected chi connectivity index (χ4v) is 2.18. The highest BCUT2D eigenvalue weighted by molar-refractivity contribution is 9.10. The average Bonchev–Trinajstić information content (AvgIpc) is 2.61. The molecule has 0 amide bonds. The number of H-pyrrole nitrogens is 1. The first-order valence-electron chi connectivity index (χ1n) is 5.07. The molecule has 0 saturated carbocycles. The van der Waals surface area contributed by atoms with Crippen LogP contribution in [0.4, 0.5) is 0 Å². The first kappa shape index (κ1) is 11.2. The van der Waals surface area contributed by atoms with E-state index in [9.17, 15) is 4.79 Å². The van der Waals surface area contributed by atoms with Crippen LogP contribution < -0.4 is 0 Å². The molecule has 1 aromatic heterocycles. The number of aliphatic carboxylic acids is 1. The second kappa shape index (κ2) is 4.29. The van der Waals surface area contributed by atoms with E-state index in [-0.39, 0.29) is 5.92 Å². The lowest BCUT2D eigenvalue weighted by molar-refractivity contribution is -0.141. The summed E-state index contributed by atoms with van der Waals surface area (Å²) in [5.41, 5.74) is 1.98. The van der Waals surface area contributed by atoms with Crippen molar-refractivity contribution in [2.24, 2.45) is 5.92 Å². The predicted octanol–water partition coefficient (Wildman–Crippen LogP) is 3.19. The predicted molar refractivity (Wildman–Crippen MR) is 66.5 cm³/mol. The summed E-state index contributed by atoms with van der Waals surface area (Å²) in [5.74, 6) is -1.13. The van der Waals surface area contributed by atoms with E-state index >= 15 is 0 Å². The number of carbonyl (C=O) groups is 1. The van der Waals surface area contributed by atoms with Gasteiger partial charge < -0.3 is 10.1 Å². The topological polar surface area (TPSA) is 53.1 Å². The number of hydrogen-bond acceptors (Lipinski definition) is 1. The molecule has 0 spiro atoms. The number of fused-ring (bicyclic) bond motifs is 1. The van der Waals surface area contributed by atoms with Crippen LogP contribution in [0.2, 0.25) is 0 Å². The molecule has 4 heteroatoms. The van der Waals surface area contributed by atoms with Crippen LogP contribution in [0.5, 0.6) is 0 Å². The van der Waals surface area contributed by atoms with Crippen LogP contribution in [0.25, 0.3) is 10.9 Å². The van der Waals surface area contributed by atoms with Gasteiger partial charge in [0, 0.05) is 27.5 Å². The summed E-state index contributed by atoms with van der Waals surface area (Å²) in [7, 11) is 0. The highest BCUT2D eigenvalue weighted by atomic mass is 79.9. The molecule has 0 aliphatic rings. The van der Waals surface area contributed by atoms with Crippen LogP contribution >= 0.6 is 15.9 Å². The lowest BCUT2D eigenvalue weighted by Crippen LogP contribution is -2.12. The molecule has 0 aliphatic heterocycles. The van der Waals surface area contributed by atoms with E-state index in [0.717, 1.165) is 21.1 Å². The second-order valence-electron chi connectivity index (χ2n) is 3.94. The third-order valence-electron chi connectivity index (χ3n) is 2.61. The Balaban J connectivity index is 2.33. The minimum Gasteiger partial charge on any atom is -0.481 e. The summed E-state index contributed by atoms with van der Waals surface area (Å²) >= 11 is 3.47. The molecule has 1 aromatic carbocycles. The summed E-state index contributed by atoms with van der Waals surface area (Å²) in [5, 5.41) is 9.94. The molecular formula is C12H12BrNO2. The molecule has 0 radical (unpaired) electrons. The van der Waals surface area contributed by atoms with E-state index in [4.69, 9.17) is 5.11 Å². The average molecular weight is 282 g/mol. The minimum atomic E-state index is -0.766. The van der Waals surface area contributed by atoms with Gasteiger partial charge in [-0.25, -0.2) is 0 Å². The number of benzene rings is 1. The van der Waals surface area contributed by atoms with Gasteiger partial charge in [0.25, 0.3) is 0 Å². The van der Waals surface area contributed by atoms with Crippen LogP contribution in [0.1, 0.15) is 12.6 Å². The van der Waals surface area contributed by atoms with E-state index in [0.29, 0.717) is 6.42 Å². The monoisotopic (exact) mass is 281 g/mol. The summed E-state index contributed by atoms with van der Waals surface area (Å²) < 4.78 is 1.02. The molecule has 1 atom stereocenters. The Morgan fingerprint density at radius 1 is 1.56 bits per heavy atom. The lowest BCUT2D eigenvalue weighted by Gasteiger charge is -2.02. The van der Waals surface area contributed by atoms with E-state index in [1.54, 1.807) is 6.92 Å². The molecule has 16 heavy (non-hydrogen) atoms. The molecule has 84 valence electrons. The van der Waals surface area contributed by atoms with Crippen LogP contribution in [-0.2, 0) is 11.2 Å². The number of carboxylic acids is 1. The molecule has 2 aromatic rings. The van der Waals surface area contributed by atoms with Crippen molar-refractivity contribution < 1.29 is 9.90 Å². The van der Waals surface area contributed by atoms with Crippen molar-refractivity contribution in [1.82, 2.24) is 4.98 Å². The number of halogens is 1. The molecule has 0 saturated heterocycles. The zero-order valence-electron chi connectivity index (χ0n) is 8.83. The Hall–Kier alpha value is -1.29. The van der Waals surface area contributed by atoms with Crippen LogP contribution in [0.3, 0.4) is 0 Å². The van der Waals surface area contributed by atoms with E-state index in [1.807, 2.05) is 24.3 Å². The van der Waals surface area contributed by atoms with Crippen LogP contribution in [-0.4, -0.2) is 16.1 Å². The largest absolute Gasteiger partial charge is 0.481 e. The minimum absolute atomic E-state index is 0.369. The van der Waals surface area contributed by atoms with E-state index in [1.165, 1.54) is 0 Å². The van der Waals surface area contributed by atoms with Crippen LogP contribution in [0.15, 0.2) is 28.7 Å². The van der Waals surface area contributed by atoms with Crippen molar-refractivity contribution >= 4 is 32.8 Å². The van der Waals surface area contributed by atoms with Gasteiger partial charge in [-0.1, -0.05) is 28.9 Å². The van der Waals surface area contributed by atoms with E-state index < -0.39 is 5.97 Å². The Bertz CT molecular complexity index is 533. The van der Waals surface area contributed by atoms with Gasteiger partial charge in [0.05, 0.1) is 5.92 Å². The van der Waals surface area contributed by atoms with Gasteiger partial charge in [-0.2, -0.15) is 0 Å². The van der Waals surface area contributed by atoms with Gasteiger partial charge in [0.1, 0.15) is 0 Å². The van der Waals surface area contributed by atoms with Crippen LogP contribution in [0, 0.1) is 5.92 Å². The first-order chi connectivity index (χ1) is 7.58. The number of carboxylic acid groups (broad SMARTS) is 1. The number of rotatable bonds is 3. The molecule has 1 unspecified atom stereocenters. The molecule has 1 heterocycles. The standard InChI is InChI=1S/C12H12BrNO2/c1-7(12(15)16)5-8-6-9-10(13)3-2-4-11(9)14-8/h2-4,6-7,14H,5H2,1H3,(H,15,16). The van der Waals surface area contributed by atoms with Gasteiger partial charge in [-0.15, -0.1) is 0 Å². The number of hydrogen-bond donors (Lipinski definition) is 2. The first-order valence-corrected chi connectivity index (χ1v) is 5.86. The third kappa shape index (κ3) is 2.11. The van der Waals surface area contributed by atoms with Gasteiger partial charge in [0.15, 0.2) is 0 Å². The van der Waals surface area contributed by atoms with Gasteiger partial charge >= 0.3 is 5.97 Å². The summed E-state index contributed by atoms with van der Waals surface area (Å²) in [6.45, 7) is 1.71. The Morgan fingerprint density at radius 3 is 2.94 bits per heavy atom. The Labute approximate surface area is 102 Å². The summed E-state index contributed by atoms with van der Waals surface area (Å²) in [4.78, 5) is 14.0. The highest BCUT2D eigenvalue weighted by Gasteiger charge is 2.13. The Morgan fingerprint density at radius 2 is 2.31 bits per heavy atom. The van der Waals surface area contributed by atoms with Crippen molar-refractivity contribution in [2.45, 2.75) is 13.3 Å². The van der Waals surface area contributed by atoms with Gasteiger partial charge in [-0.3, -0.25) is 4.79 Å². The third-order valence-corrected chi connectivity index (χ3v) is 3.31. The van der Waals surface area contributed by atoms with Gasteiger partial charge in [-0.05, 0) is 18.2 Å². The maximum absolute atomic E-state index is 10.8. The number of aromatic amines is 1. The number of aromatic nitrogens is 1. The van der Waals surface area contributed by atoms with Crippen molar-refractivity contribution in [3.8, 4) is 0 Å². The maximum Gasteiger partial charge on any atom is 0.306 e. The second-order valence-corrected chi connectivity index (χ2v) is 4.79. The van der Waals surface area contributed by atoms with Crippen molar-refractivity contribution in [3.05, 3.63) is 34.4 Å². The molecule has 2 rings (SSSR count).